The number of carbonyl (C=O) groups is 1. The fraction of sp³-hybridized carbons (Fsp3) is 0.0800. The molecule has 3 aromatic heterocycles. The first-order chi connectivity index (χ1) is 16.5. The van der Waals surface area contributed by atoms with Crippen LogP contribution in [0.5, 0.6) is 11.6 Å². The molecular weight excluding hydrogens is 434 g/mol. The molecule has 0 atom stereocenters. The Balaban J connectivity index is 1.30. The summed E-state index contributed by atoms with van der Waals surface area (Å²) in [6, 6.07) is 17.0. The van der Waals surface area contributed by atoms with E-state index < -0.39 is 11.5 Å². The fourth-order valence-corrected chi connectivity index (χ4v) is 3.39. The van der Waals surface area contributed by atoms with Crippen LogP contribution in [0.1, 0.15) is 21.7 Å². The summed E-state index contributed by atoms with van der Waals surface area (Å²) in [6.07, 6.45) is 3.12. The number of anilines is 1. The molecule has 168 valence electrons. The van der Waals surface area contributed by atoms with Crippen LogP contribution in [0, 0.1) is 13.8 Å². The summed E-state index contributed by atoms with van der Waals surface area (Å²) < 4.78 is 12.9. The molecule has 0 unspecified atom stereocenters. The quantitative estimate of drug-likeness (QED) is 0.392. The Bertz CT molecular complexity index is 1570. The smallest absolute Gasteiger partial charge is 0.349 e. The first kappa shape index (κ1) is 21.1. The monoisotopic (exact) mass is 453 g/mol. The number of benzene rings is 2. The molecular formula is C25H19N5O4. The van der Waals surface area contributed by atoms with Crippen molar-refractivity contribution in [2.24, 2.45) is 0 Å². The lowest BCUT2D eigenvalue weighted by molar-refractivity contribution is 0.102. The molecule has 0 saturated heterocycles. The molecule has 1 amide bonds. The molecule has 5 aromatic rings. The Morgan fingerprint density at radius 1 is 1.00 bits per heavy atom. The van der Waals surface area contributed by atoms with Crippen LogP contribution in [0.3, 0.4) is 0 Å². The molecule has 2 aromatic carbocycles. The minimum absolute atomic E-state index is 0.0717. The molecule has 0 aliphatic carbocycles. The average Bonchev–Trinajstić information content (AvgIpc) is 3.18. The summed E-state index contributed by atoms with van der Waals surface area (Å²) >= 11 is 0. The number of imidazole rings is 1. The van der Waals surface area contributed by atoms with Crippen molar-refractivity contribution < 1.29 is 13.9 Å². The lowest BCUT2D eigenvalue weighted by Gasteiger charge is -2.09. The fourth-order valence-electron chi connectivity index (χ4n) is 3.39. The van der Waals surface area contributed by atoms with Gasteiger partial charge in [0.05, 0.1) is 5.69 Å². The maximum atomic E-state index is 12.6. The van der Waals surface area contributed by atoms with Gasteiger partial charge in [-0.1, -0.05) is 18.2 Å². The Morgan fingerprint density at radius 3 is 2.56 bits per heavy atom. The maximum Gasteiger partial charge on any atom is 0.349 e. The van der Waals surface area contributed by atoms with E-state index >= 15 is 0 Å². The van der Waals surface area contributed by atoms with Crippen LogP contribution in [-0.4, -0.2) is 25.4 Å². The van der Waals surface area contributed by atoms with Gasteiger partial charge in [-0.25, -0.2) is 19.7 Å². The first-order valence-corrected chi connectivity index (χ1v) is 10.4. The molecule has 0 spiro atoms. The van der Waals surface area contributed by atoms with Gasteiger partial charge in [-0.05, 0) is 50.2 Å². The SMILES string of the molecule is Cc1ncn(-c2cc(Oc3ccc(NC(=O)c4cc5ccccc5oc4=O)cc3)ncn2)c1C. The number of rotatable bonds is 5. The third-order valence-corrected chi connectivity index (χ3v) is 5.35. The third-order valence-electron chi connectivity index (χ3n) is 5.35. The zero-order valence-electron chi connectivity index (χ0n) is 18.4. The van der Waals surface area contributed by atoms with Crippen LogP contribution < -0.4 is 15.7 Å². The van der Waals surface area contributed by atoms with Crippen LogP contribution in [-0.2, 0) is 0 Å². The van der Waals surface area contributed by atoms with Gasteiger partial charge < -0.3 is 14.5 Å². The number of amides is 1. The number of para-hydroxylation sites is 1. The lowest BCUT2D eigenvalue weighted by Crippen LogP contribution is -2.20. The number of nitrogens with zero attached hydrogens (tertiary/aromatic N) is 4. The summed E-state index contributed by atoms with van der Waals surface area (Å²) in [6.45, 7) is 3.89. The van der Waals surface area contributed by atoms with Crippen LogP contribution in [0.15, 0.2) is 82.5 Å². The highest BCUT2D eigenvalue weighted by atomic mass is 16.5. The predicted molar refractivity (Wildman–Crippen MR) is 126 cm³/mol. The molecule has 5 rings (SSSR count). The Kier molecular flexibility index (Phi) is 5.35. The molecule has 0 aliphatic heterocycles. The van der Waals surface area contributed by atoms with Crippen molar-refractivity contribution in [3.05, 3.63) is 101 Å². The molecule has 1 N–H and O–H groups in total. The first-order valence-electron chi connectivity index (χ1n) is 10.4. The number of nitrogens with one attached hydrogen (secondary N) is 1. The number of aryl methyl sites for hydroxylation is 1. The number of aromatic nitrogens is 4. The number of ether oxygens (including phenoxy) is 1. The van der Waals surface area contributed by atoms with E-state index in [-0.39, 0.29) is 5.56 Å². The minimum atomic E-state index is -0.695. The highest BCUT2D eigenvalue weighted by Gasteiger charge is 2.14. The molecule has 9 heteroatoms. The zero-order valence-corrected chi connectivity index (χ0v) is 18.4. The summed E-state index contributed by atoms with van der Waals surface area (Å²) in [5.41, 5.74) is 2.05. The Hall–Kier alpha value is -4.79. The van der Waals surface area contributed by atoms with Crippen molar-refractivity contribution in [2.75, 3.05) is 5.32 Å². The molecule has 0 radical (unpaired) electrons. The van der Waals surface area contributed by atoms with E-state index in [1.807, 2.05) is 18.4 Å². The van der Waals surface area contributed by atoms with Gasteiger partial charge in [0.1, 0.15) is 35.4 Å². The topological polar surface area (TPSA) is 112 Å². The number of hydrogen-bond acceptors (Lipinski definition) is 7. The normalized spacial score (nSPS) is 10.9. The van der Waals surface area contributed by atoms with Gasteiger partial charge in [-0.2, -0.15) is 0 Å². The minimum Gasteiger partial charge on any atom is -0.439 e. The van der Waals surface area contributed by atoms with Crippen LogP contribution in [0.25, 0.3) is 16.8 Å². The van der Waals surface area contributed by atoms with Gasteiger partial charge in [-0.15, -0.1) is 0 Å². The highest BCUT2D eigenvalue weighted by molar-refractivity contribution is 6.05. The van der Waals surface area contributed by atoms with Crippen molar-refractivity contribution >= 4 is 22.6 Å². The second-order valence-corrected chi connectivity index (χ2v) is 7.57. The van der Waals surface area contributed by atoms with Crippen molar-refractivity contribution in [3.8, 4) is 17.4 Å². The third kappa shape index (κ3) is 4.14. The van der Waals surface area contributed by atoms with E-state index in [9.17, 15) is 9.59 Å². The number of fused-ring (bicyclic) bond motifs is 1. The van der Waals surface area contributed by atoms with Crippen molar-refractivity contribution in [1.29, 1.82) is 0 Å². The van der Waals surface area contributed by atoms with E-state index in [0.29, 0.717) is 34.1 Å². The van der Waals surface area contributed by atoms with E-state index in [2.05, 4.69) is 20.3 Å². The molecule has 3 heterocycles. The lowest BCUT2D eigenvalue weighted by atomic mass is 10.1. The van der Waals surface area contributed by atoms with Crippen LogP contribution in [0.4, 0.5) is 5.69 Å². The van der Waals surface area contributed by atoms with E-state index in [4.69, 9.17) is 9.15 Å². The van der Waals surface area contributed by atoms with Gasteiger partial charge in [0.25, 0.3) is 5.91 Å². The molecule has 34 heavy (non-hydrogen) atoms. The van der Waals surface area contributed by atoms with Crippen molar-refractivity contribution in [3.63, 3.8) is 0 Å². The summed E-state index contributed by atoms with van der Waals surface area (Å²) in [5.74, 6) is 0.966. The summed E-state index contributed by atoms with van der Waals surface area (Å²) in [5, 5.41) is 3.37. The van der Waals surface area contributed by atoms with Gasteiger partial charge in [0.2, 0.25) is 5.88 Å². The van der Waals surface area contributed by atoms with Crippen molar-refractivity contribution in [1.82, 2.24) is 19.5 Å². The van der Waals surface area contributed by atoms with Gasteiger partial charge in [-0.3, -0.25) is 9.36 Å². The Labute approximate surface area is 193 Å². The van der Waals surface area contributed by atoms with E-state index in [1.165, 1.54) is 12.4 Å². The molecule has 0 fully saturated rings. The van der Waals surface area contributed by atoms with E-state index in [1.54, 1.807) is 60.9 Å². The highest BCUT2D eigenvalue weighted by Crippen LogP contribution is 2.23. The van der Waals surface area contributed by atoms with Crippen LogP contribution >= 0.6 is 0 Å². The molecule has 0 bridgehead atoms. The summed E-state index contributed by atoms with van der Waals surface area (Å²) in [7, 11) is 0. The van der Waals surface area contributed by atoms with E-state index in [0.717, 1.165) is 11.4 Å². The average molecular weight is 453 g/mol. The largest absolute Gasteiger partial charge is 0.439 e. The Morgan fingerprint density at radius 2 is 1.79 bits per heavy atom. The molecule has 0 saturated carbocycles. The number of hydrogen-bond donors (Lipinski definition) is 1. The van der Waals surface area contributed by atoms with Gasteiger partial charge >= 0.3 is 5.63 Å². The molecule has 0 aliphatic rings. The number of carbonyl (C=O) groups excluding carboxylic acids is 1. The second-order valence-electron chi connectivity index (χ2n) is 7.57. The van der Waals surface area contributed by atoms with Crippen molar-refractivity contribution in [2.45, 2.75) is 13.8 Å². The predicted octanol–water partition coefficient (Wildman–Crippen LogP) is 4.43. The standard InChI is InChI=1S/C25H19N5O4/c1-15-16(2)30(14-28-15)22-12-23(27-13-26-22)33-19-9-7-18(8-10-19)29-24(31)20-11-17-5-3-4-6-21(17)34-25(20)32/h3-14H,1-2H3,(H,29,31). The zero-order chi connectivity index (χ0) is 23.7. The maximum absolute atomic E-state index is 12.6. The van der Waals surface area contributed by atoms with Gasteiger partial charge in [0.15, 0.2) is 0 Å². The summed E-state index contributed by atoms with van der Waals surface area (Å²) in [4.78, 5) is 37.6. The van der Waals surface area contributed by atoms with Gasteiger partial charge in [0, 0.05) is 22.8 Å². The van der Waals surface area contributed by atoms with Crippen LogP contribution in [0.2, 0.25) is 0 Å². The molecule has 9 nitrogen and oxygen atoms in total. The second kappa shape index (κ2) is 8.62.